The van der Waals surface area contributed by atoms with E-state index in [1.54, 1.807) is 0 Å². The Kier molecular flexibility index (Phi) is 7.77. The van der Waals surface area contributed by atoms with Crippen molar-refractivity contribution in [3.8, 4) is 5.69 Å². The van der Waals surface area contributed by atoms with Gasteiger partial charge in [0.25, 0.3) is 0 Å². The van der Waals surface area contributed by atoms with Gasteiger partial charge >= 0.3 is 0 Å². The number of hydrogen-bond acceptors (Lipinski definition) is 4. The Bertz CT molecular complexity index is 1480. The molecule has 2 aromatic heterocycles. The Morgan fingerprint density at radius 3 is 2.51 bits per heavy atom. The van der Waals surface area contributed by atoms with E-state index in [-0.39, 0.29) is 24.6 Å². The van der Waals surface area contributed by atoms with Gasteiger partial charge in [-0.05, 0) is 92.1 Å². The Morgan fingerprint density at radius 1 is 1.08 bits per heavy atom. The maximum Gasteiger partial charge on any atom is 0.250 e. The molecule has 1 aliphatic rings. The van der Waals surface area contributed by atoms with E-state index in [1.165, 1.54) is 29.6 Å². The summed E-state index contributed by atoms with van der Waals surface area (Å²) in [6, 6.07) is 24.3. The maximum atomic E-state index is 12.0. The van der Waals surface area contributed by atoms with Crippen molar-refractivity contribution < 1.29 is 9.53 Å². The second-order valence-corrected chi connectivity index (χ2v) is 10.1. The molecule has 5 rings (SSSR count). The fourth-order valence-corrected chi connectivity index (χ4v) is 5.81. The molecule has 0 bridgehead atoms. The molecule has 2 aromatic carbocycles. The molecular weight excluding hydrogens is 506 g/mol. The highest BCUT2D eigenvalue weighted by Crippen LogP contribution is 2.44. The number of carbonyl (C=O) groups is 1. The van der Waals surface area contributed by atoms with Gasteiger partial charge in [0.1, 0.15) is 6.61 Å². The molecule has 2 atom stereocenters. The number of rotatable bonds is 8. The lowest BCUT2D eigenvalue weighted by atomic mass is 9.96. The first-order chi connectivity index (χ1) is 18.9. The molecule has 200 valence electrons. The topological polar surface area (TPSA) is 71.4 Å². The number of nitrogens with one attached hydrogen (secondary N) is 2. The van der Waals surface area contributed by atoms with Crippen LogP contribution in [-0.4, -0.2) is 34.3 Å². The molecule has 1 saturated heterocycles. The number of thiocarbonyl (C=S) groups is 1. The number of aryl methyl sites for hydroxylation is 2. The van der Waals surface area contributed by atoms with Crippen LogP contribution in [0.2, 0.25) is 0 Å². The summed E-state index contributed by atoms with van der Waals surface area (Å²) in [7, 11) is 1.50. The monoisotopic (exact) mass is 539 g/mol. The minimum absolute atomic E-state index is 0.00644. The van der Waals surface area contributed by atoms with Gasteiger partial charge in [0.15, 0.2) is 5.11 Å². The first-order valence-electron chi connectivity index (χ1n) is 13.1. The SMILES string of the molecule is CCc1ccccc1-n1c(C)cc([C@@H]2[C@H](c3ccccn3)NC(=S)N2c2ccc(NC(=O)COC)cc2)c1C. The van der Waals surface area contributed by atoms with Crippen LogP contribution in [0.1, 0.15) is 47.2 Å². The third-order valence-electron chi connectivity index (χ3n) is 7.21. The minimum atomic E-state index is -0.198. The van der Waals surface area contributed by atoms with Crippen LogP contribution in [0.4, 0.5) is 11.4 Å². The van der Waals surface area contributed by atoms with E-state index >= 15 is 0 Å². The zero-order valence-corrected chi connectivity index (χ0v) is 23.5. The first kappa shape index (κ1) is 26.6. The van der Waals surface area contributed by atoms with Gasteiger partial charge in [-0.15, -0.1) is 0 Å². The molecule has 0 radical (unpaired) electrons. The van der Waals surface area contributed by atoms with E-state index in [2.05, 4.69) is 71.2 Å². The Hall–Kier alpha value is -4.01. The number of anilines is 2. The number of hydrogen-bond donors (Lipinski definition) is 2. The number of pyridine rings is 1. The van der Waals surface area contributed by atoms with Crippen LogP contribution in [0.3, 0.4) is 0 Å². The summed E-state index contributed by atoms with van der Waals surface area (Å²) in [6.45, 7) is 6.53. The van der Waals surface area contributed by atoms with Gasteiger partial charge in [-0.1, -0.05) is 31.2 Å². The van der Waals surface area contributed by atoms with Crippen LogP contribution in [0, 0.1) is 13.8 Å². The minimum Gasteiger partial charge on any atom is -0.375 e. The van der Waals surface area contributed by atoms with Crippen molar-refractivity contribution in [2.24, 2.45) is 0 Å². The van der Waals surface area contributed by atoms with E-state index in [9.17, 15) is 4.79 Å². The maximum absolute atomic E-state index is 12.0. The van der Waals surface area contributed by atoms with Crippen molar-refractivity contribution >= 4 is 34.6 Å². The predicted octanol–water partition coefficient (Wildman–Crippen LogP) is 5.81. The predicted molar refractivity (Wildman–Crippen MR) is 160 cm³/mol. The number of nitrogens with zero attached hydrogens (tertiary/aromatic N) is 3. The van der Waals surface area contributed by atoms with Gasteiger partial charge in [-0.3, -0.25) is 9.78 Å². The molecule has 1 amide bonds. The van der Waals surface area contributed by atoms with Crippen molar-refractivity contribution in [2.45, 2.75) is 39.3 Å². The van der Waals surface area contributed by atoms with Crippen LogP contribution in [0.5, 0.6) is 0 Å². The van der Waals surface area contributed by atoms with Gasteiger partial charge in [0.05, 0.1) is 17.8 Å². The fourth-order valence-electron chi connectivity index (χ4n) is 5.47. The molecule has 0 spiro atoms. The van der Waals surface area contributed by atoms with Crippen LogP contribution < -0.4 is 15.5 Å². The van der Waals surface area contributed by atoms with E-state index in [0.29, 0.717) is 10.8 Å². The van der Waals surface area contributed by atoms with E-state index < -0.39 is 0 Å². The Labute approximate surface area is 234 Å². The van der Waals surface area contributed by atoms with Gasteiger partial charge in [-0.2, -0.15) is 0 Å². The first-order valence-corrected chi connectivity index (χ1v) is 13.5. The molecule has 7 nitrogen and oxygen atoms in total. The quantitative estimate of drug-likeness (QED) is 0.275. The van der Waals surface area contributed by atoms with Crippen molar-refractivity contribution in [3.63, 3.8) is 0 Å². The molecule has 2 N–H and O–H groups in total. The highest BCUT2D eigenvalue weighted by molar-refractivity contribution is 7.80. The molecule has 1 fully saturated rings. The number of para-hydroxylation sites is 1. The second kappa shape index (κ2) is 11.4. The Balaban J connectivity index is 1.60. The largest absolute Gasteiger partial charge is 0.375 e. The summed E-state index contributed by atoms with van der Waals surface area (Å²) in [4.78, 5) is 18.8. The number of amides is 1. The summed E-state index contributed by atoms with van der Waals surface area (Å²) in [5.41, 5.74) is 8.57. The molecule has 3 heterocycles. The molecule has 0 unspecified atom stereocenters. The van der Waals surface area contributed by atoms with Gasteiger partial charge in [0, 0.05) is 41.8 Å². The smallest absolute Gasteiger partial charge is 0.250 e. The summed E-state index contributed by atoms with van der Waals surface area (Å²) in [5.74, 6) is -0.198. The zero-order chi connectivity index (χ0) is 27.5. The lowest BCUT2D eigenvalue weighted by molar-refractivity contribution is -0.119. The summed E-state index contributed by atoms with van der Waals surface area (Å²) < 4.78 is 7.27. The molecule has 0 saturated carbocycles. The third-order valence-corrected chi connectivity index (χ3v) is 7.52. The highest BCUT2D eigenvalue weighted by Gasteiger charge is 2.42. The fraction of sp³-hybridized carbons (Fsp3) is 0.258. The van der Waals surface area contributed by atoms with Crippen LogP contribution in [-0.2, 0) is 16.0 Å². The number of methoxy groups -OCH3 is 1. The Morgan fingerprint density at radius 2 is 1.82 bits per heavy atom. The molecule has 8 heteroatoms. The van der Waals surface area contributed by atoms with Crippen molar-refractivity contribution in [1.29, 1.82) is 0 Å². The third kappa shape index (κ3) is 5.17. The molecule has 4 aromatic rings. The summed E-state index contributed by atoms with van der Waals surface area (Å²) >= 11 is 5.92. The van der Waals surface area contributed by atoms with Gasteiger partial charge < -0.3 is 24.8 Å². The van der Waals surface area contributed by atoms with Gasteiger partial charge in [0.2, 0.25) is 5.91 Å². The van der Waals surface area contributed by atoms with E-state index in [1.807, 2.05) is 48.7 Å². The standard InChI is InChI=1S/C31H33N5O2S/c1-5-22-10-6-7-12-27(22)35-20(2)18-25(21(35)3)30-29(26-11-8-9-17-32-26)34-31(39)36(30)24-15-13-23(14-16-24)33-28(37)19-38-4/h6-18,29-30H,5,19H2,1-4H3,(H,33,37)(H,34,39)/t29-,30+/m0/s1. The molecular formula is C31H33N5O2S. The van der Waals surface area contributed by atoms with Crippen molar-refractivity contribution in [2.75, 3.05) is 23.9 Å². The number of aromatic nitrogens is 2. The molecule has 39 heavy (non-hydrogen) atoms. The number of ether oxygens (including phenoxy) is 1. The number of benzene rings is 2. The average Bonchev–Trinajstić information content (AvgIpc) is 3.44. The lowest BCUT2D eigenvalue weighted by Gasteiger charge is -2.28. The normalized spacial score (nSPS) is 16.8. The van der Waals surface area contributed by atoms with E-state index in [4.69, 9.17) is 21.9 Å². The van der Waals surface area contributed by atoms with Gasteiger partial charge in [-0.25, -0.2) is 0 Å². The van der Waals surface area contributed by atoms with Crippen molar-refractivity contribution in [1.82, 2.24) is 14.9 Å². The van der Waals surface area contributed by atoms with Crippen LogP contribution in [0.15, 0.2) is 79.0 Å². The summed E-state index contributed by atoms with van der Waals surface area (Å²) in [6.07, 6.45) is 2.77. The highest BCUT2D eigenvalue weighted by atomic mass is 32.1. The molecule has 0 aliphatic carbocycles. The second-order valence-electron chi connectivity index (χ2n) is 9.67. The molecule has 1 aliphatic heterocycles. The van der Waals surface area contributed by atoms with Crippen LogP contribution >= 0.6 is 12.2 Å². The van der Waals surface area contributed by atoms with E-state index in [0.717, 1.165) is 23.5 Å². The summed E-state index contributed by atoms with van der Waals surface area (Å²) in [5, 5.41) is 7.03. The average molecular weight is 540 g/mol. The zero-order valence-electron chi connectivity index (χ0n) is 22.6. The van der Waals surface area contributed by atoms with Crippen molar-refractivity contribution in [3.05, 3.63) is 107 Å². The number of carbonyl (C=O) groups excluding carboxylic acids is 1. The van der Waals surface area contributed by atoms with Crippen LogP contribution in [0.25, 0.3) is 5.69 Å². The lowest BCUT2D eigenvalue weighted by Crippen LogP contribution is -2.29.